The molecule has 0 spiro atoms. The second-order valence-corrected chi connectivity index (χ2v) is 10.4. The molecule has 1 saturated heterocycles. The largest absolute Gasteiger partial charge is 0.497 e. The Morgan fingerprint density at radius 2 is 1.97 bits per heavy atom. The van der Waals surface area contributed by atoms with Gasteiger partial charge in [-0.2, -0.15) is 0 Å². The Bertz CT molecular complexity index is 1400. The summed E-state index contributed by atoms with van der Waals surface area (Å²) in [5.74, 6) is -0.129. The molecule has 2 aromatic carbocycles. The summed E-state index contributed by atoms with van der Waals surface area (Å²) in [6.07, 6.45) is 0.308. The van der Waals surface area contributed by atoms with Crippen LogP contribution in [0.1, 0.15) is 34.1 Å². The number of methoxy groups -OCH3 is 1. The predicted octanol–water partition coefficient (Wildman–Crippen LogP) is 3.19. The van der Waals surface area contributed by atoms with Crippen molar-refractivity contribution in [1.29, 1.82) is 0 Å². The first-order valence-corrected chi connectivity index (χ1v) is 11.9. The van der Waals surface area contributed by atoms with Crippen LogP contribution in [-0.2, 0) is 9.84 Å². The summed E-state index contributed by atoms with van der Waals surface area (Å²) in [5, 5.41) is 0.647. The smallest absolute Gasteiger partial charge is 0.291 e. The molecule has 0 bridgehead atoms. The van der Waals surface area contributed by atoms with E-state index in [0.29, 0.717) is 22.8 Å². The summed E-state index contributed by atoms with van der Waals surface area (Å²) < 4.78 is 35.5. The van der Waals surface area contributed by atoms with E-state index in [-0.39, 0.29) is 39.2 Å². The van der Waals surface area contributed by atoms with Gasteiger partial charge in [0, 0.05) is 11.1 Å². The zero-order valence-electron chi connectivity index (χ0n) is 16.5. The minimum absolute atomic E-state index is 0.00157. The summed E-state index contributed by atoms with van der Waals surface area (Å²) >= 11 is 6.09. The lowest BCUT2D eigenvalue weighted by Gasteiger charge is -2.30. The molecule has 3 heterocycles. The van der Waals surface area contributed by atoms with E-state index < -0.39 is 27.8 Å². The lowest BCUT2D eigenvalue weighted by molar-refractivity contribution is 0.0662. The van der Waals surface area contributed by atoms with Crippen molar-refractivity contribution in [2.24, 2.45) is 0 Å². The van der Waals surface area contributed by atoms with Crippen LogP contribution < -0.4 is 10.2 Å². The number of ether oxygens (including phenoxy) is 1. The fourth-order valence-corrected chi connectivity index (χ4v) is 6.36. The van der Waals surface area contributed by atoms with Gasteiger partial charge in [-0.3, -0.25) is 9.59 Å². The third kappa shape index (κ3) is 3.21. The standard InChI is InChI=1S/C22H18ClNO6S/c1-29-15-4-2-3-12(9-15)19-18-20(25)16-10-13(23)5-6-17(16)30-21(18)22(26)24(19)14-7-8-31(27,28)11-14/h2-6,9-10,14,19H,7-8,11H2,1H3. The van der Waals surface area contributed by atoms with Crippen molar-refractivity contribution >= 4 is 38.3 Å². The third-order valence-electron chi connectivity index (χ3n) is 5.88. The number of benzene rings is 2. The number of hydrogen-bond donors (Lipinski definition) is 0. The van der Waals surface area contributed by atoms with E-state index in [9.17, 15) is 18.0 Å². The highest BCUT2D eigenvalue weighted by molar-refractivity contribution is 7.91. The number of hydrogen-bond acceptors (Lipinski definition) is 6. The molecule has 0 saturated carbocycles. The van der Waals surface area contributed by atoms with E-state index in [1.54, 1.807) is 36.4 Å². The molecule has 2 unspecified atom stereocenters. The van der Waals surface area contributed by atoms with Gasteiger partial charge in [0.05, 0.1) is 35.6 Å². The monoisotopic (exact) mass is 459 g/mol. The highest BCUT2D eigenvalue weighted by Crippen LogP contribution is 2.42. The van der Waals surface area contributed by atoms with Crippen LogP contribution in [0.5, 0.6) is 5.75 Å². The van der Waals surface area contributed by atoms with E-state index in [2.05, 4.69) is 0 Å². The average Bonchev–Trinajstić information content (AvgIpc) is 3.25. The molecule has 1 fully saturated rings. The van der Waals surface area contributed by atoms with E-state index in [1.807, 2.05) is 0 Å². The van der Waals surface area contributed by atoms with Crippen molar-refractivity contribution in [3.8, 4) is 5.75 Å². The summed E-state index contributed by atoms with van der Waals surface area (Å²) in [5.41, 5.74) is 0.733. The molecule has 2 aliphatic heterocycles. The zero-order chi connectivity index (χ0) is 21.9. The van der Waals surface area contributed by atoms with E-state index in [1.165, 1.54) is 18.1 Å². The Balaban J connectivity index is 1.77. The number of rotatable bonds is 3. The first-order chi connectivity index (χ1) is 14.8. The Kier molecular flexibility index (Phi) is 4.60. The zero-order valence-corrected chi connectivity index (χ0v) is 18.1. The number of fused-ring (bicyclic) bond motifs is 2. The van der Waals surface area contributed by atoms with E-state index in [0.717, 1.165) is 0 Å². The molecule has 9 heteroatoms. The minimum atomic E-state index is -3.26. The first-order valence-electron chi connectivity index (χ1n) is 9.72. The Labute approximate surface area is 183 Å². The van der Waals surface area contributed by atoms with Crippen LogP contribution in [0.3, 0.4) is 0 Å². The third-order valence-corrected chi connectivity index (χ3v) is 7.86. The normalized spacial score (nSPS) is 22.1. The van der Waals surface area contributed by atoms with Crippen molar-refractivity contribution < 1.29 is 22.4 Å². The van der Waals surface area contributed by atoms with E-state index >= 15 is 0 Å². The maximum absolute atomic E-state index is 13.5. The number of amides is 1. The molecular formula is C22H18ClNO6S. The number of carbonyl (C=O) groups excluding carboxylic acids is 1. The Morgan fingerprint density at radius 1 is 1.16 bits per heavy atom. The van der Waals surface area contributed by atoms with Crippen molar-refractivity contribution in [2.75, 3.05) is 18.6 Å². The van der Waals surface area contributed by atoms with Crippen LogP contribution in [0.4, 0.5) is 0 Å². The molecule has 1 aromatic heterocycles. The fourth-order valence-electron chi connectivity index (χ4n) is 4.47. The van der Waals surface area contributed by atoms with Gasteiger partial charge in [-0.05, 0) is 42.3 Å². The number of sulfone groups is 1. The number of nitrogens with zero attached hydrogens (tertiary/aromatic N) is 1. The fraction of sp³-hybridized carbons (Fsp3) is 0.273. The second kappa shape index (κ2) is 7.10. The molecule has 0 N–H and O–H groups in total. The van der Waals surface area contributed by atoms with Crippen LogP contribution in [-0.4, -0.2) is 43.9 Å². The summed E-state index contributed by atoms with van der Waals surface area (Å²) in [6.45, 7) is 0. The summed E-state index contributed by atoms with van der Waals surface area (Å²) in [6, 6.07) is 10.4. The van der Waals surface area contributed by atoms with Gasteiger partial charge in [-0.25, -0.2) is 8.42 Å². The van der Waals surface area contributed by atoms with Gasteiger partial charge in [-0.15, -0.1) is 0 Å². The highest BCUT2D eigenvalue weighted by atomic mass is 35.5. The van der Waals surface area contributed by atoms with Crippen molar-refractivity contribution in [2.45, 2.75) is 18.5 Å². The van der Waals surface area contributed by atoms with Crippen LogP contribution in [0.15, 0.2) is 51.7 Å². The molecule has 3 aromatic rings. The van der Waals surface area contributed by atoms with Crippen LogP contribution >= 0.6 is 11.6 Å². The molecule has 1 amide bonds. The quantitative estimate of drug-likeness (QED) is 0.597. The van der Waals surface area contributed by atoms with Crippen molar-refractivity contribution in [3.05, 3.63) is 74.6 Å². The molecule has 31 heavy (non-hydrogen) atoms. The van der Waals surface area contributed by atoms with Crippen LogP contribution in [0.2, 0.25) is 5.02 Å². The van der Waals surface area contributed by atoms with Crippen LogP contribution in [0, 0.1) is 0 Å². The summed E-state index contributed by atoms with van der Waals surface area (Å²) in [4.78, 5) is 28.4. The van der Waals surface area contributed by atoms with Crippen molar-refractivity contribution in [1.82, 2.24) is 4.90 Å². The summed E-state index contributed by atoms with van der Waals surface area (Å²) in [7, 11) is -1.73. The van der Waals surface area contributed by atoms with Crippen molar-refractivity contribution in [3.63, 3.8) is 0 Å². The van der Waals surface area contributed by atoms with Gasteiger partial charge >= 0.3 is 0 Å². The Morgan fingerprint density at radius 3 is 2.68 bits per heavy atom. The molecular weight excluding hydrogens is 442 g/mol. The predicted molar refractivity (Wildman–Crippen MR) is 116 cm³/mol. The molecule has 0 aliphatic carbocycles. The lowest BCUT2D eigenvalue weighted by Crippen LogP contribution is -2.40. The van der Waals surface area contributed by atoms with Gasteiger partial charge in [0.25, 0.3) is 5.91 Å². The van der Waals surface area contributed by atoms with Gasteiger partial charge < -0.3 is 14.1 Å². The first kappa shape index (κ1) is 20.1. The molecule has 5 rings (SSSR count). The molecule has 2 atom stereocenters. The molecule has 160 valence electrons. The second-order valence-electron chi connectivity index (χ2n) is 7.76. The Hall–Kier alpha value is -2.84. The topological polar surface area (TPSA) is 93.9 Å². The minimum Gasteiger partial charge on any atom is -0.497 e. The molecule has 0 radical (unpaired) electrons. The lowest BCUT2D eigenvalue weighted by atomic mass is 9.97. The SMILES string of the molecule is COc1cccc(C2c3c(oc4ccc(Cl)cc4c3=O)C(=O)N2C2CCS(=O)(=O)C2)c1. The number of halogens is 1. The average molecular weight is 460 g/mol. The van der Waals surface area contributed by atoms with Gasteiger partial charge in [0.1, 0.15) is 11.3 Å². The molecule has 7 nitrogen and oxygen atoms in total. The van der Waals surface area contributed by atoms with E-state index in [4.69, 9.17) is 20.8 Å². The maximum Gasteiger partial charge on any atom is 0.291 e. The van der Waals surface area contributed by atoms with Crippen LogP contribution in [0.25, 0.3) is 11.0 Å². The molecule has 2 aliphatic rings. The van der Waals surface area contributed by atoms with Gasteiger partial charge in [0.15, 0.2) is 15.3 Å². The van der Waals surface area contributed by atoms with Gasteiger partial charge in [0.2, 0.25) is 5.76 Å². The van der Waals surface area contributed by atoms with Gasteiger partial charge in [-0.1, -0.05) is 23.7 Å². The number of carbonyl (C=O) groups is 1. The highest BCUT2D eigenvalue weighted by Gasteiger charge is 2.48. The maximum atomic E-state index is 13.5.